The zero-order chi connectivity index (χ0) is 21.0. The molecule has 1 aliphatic heterocycles. The number of benzene rings is 1. The summed E-state index contributed by atoms with van der Waals surface area (Å²) in [7, 11) is 0. The average Bonchev–Trinajstić information content (AvgIpc) is 2.69. The van der Waals surface area contributed by atoms with Crippen molar-refractivity contribution in [2.45, 2.75) is 25.9 Å². The Bertz CT molecular complexity index is 923. The highest BCUT2D eigenvalue weighted by Gasteiger charge is 2.29. The fraction of sp³-hybridized carbons (Fsp3) is 0.400. The Hall–Kier alpha value is -2.94. The van der Waals surface area contributed by atoms with Gasteiger partial charge in [-0.2, -0.15) is 8.78 Å². The lowest BCUT2D eigenvalue weighted by atomic mass is 9.91. The first-order valence-electron chi connectivity index (χ1n) is 9.09. The van der Waals surface area contributed by atoms with E-state index in [0.29, 0.717) is 31.9 Å². The summed E-state index contributed by atoms with van der Waals surface area (Å²) in [4.78, 5) is 26.5. The van der Waals surface area contributed by atoms with Crippen LogP contribution in [-0.2, 0) is 9.53 Å². The second-order valence-corrected chi connectivity index (χ2v) is 6.64. The number of nitrogens with zero attached hydrogens (tertiary/aromatic N) is 1. The molecule has 0 saturated carbocycles. The summed E-state index contributed by atoms with van der Waals surface area (Å²) in [5, 5.41) is 10.3. The van der Waals surface area contributed by atoms with Crippen LogP contribution in [0.2, 0.25) is 0 Å². The van der Waals surface area contributed by atoms with Gasteiger partial charge in [-0.15, -0.1) is 0 Å². The first kappa shape index (κ1) is 20.8. The molecule has 1 saturated heterocycles. The predicted molar refractivity (Wildman–Crippen MR) is 98.3 cm³/mol. The monoisotopic (exact) mass is 409 g/mol. The van der Waals surface area contributed by atoms with E-state index in [1.54, 1.807) is 17.9 Å². The van der Waals surface area contributed by atoms with Crippen LogP contribution >= 0.6 is 0 Å². The van der Waals surface area contributed by atoms with E-state index >= 15 is 0 Å². The molecule has 2 aromatic rings. The highest BCUT2D eigenvalue weighted by Crippen LogP contribution is 2.35. The first-order valence-corrected chi connectivity index (χ1v) is 9.09. The van der Waals surface area contributed by atoms with Gasteiger partial charge in [0.1, 0.15) is 11.5 Å². The number of carbonyl (C=O) groups is 1. The Morgan fingerprint density at radius 3 is 2.69 bits per heavy atom. The van der Waals surface area contributed by atoms with Gasteiger partial charge in [0.05, 0.1) is 19.1 Å². The van der Waals surface area contributed by atoms with E-state index in [-0.39, 0.29) is 29.6 Å². The smallest absolute Gasteiger partial charge is 0.387 e. The van der Waals surface area contributed by atoms with Crippen LogP contribution in [0.25, 0.3) is 0 Å². The number of alkyl halides is 2. The van der Waals surface area contributed by atoms with Gasteiger partial charge in [-0.1, -0.05) is 12.1 Å². The van der Waals surface area contributed by atoms with Crippen LogP contribution < -0.4 is 10.2 Å². The largest absolute Gasteiger partial charge is 0.502 e. The highest BCUT2D eigenvalue weighted by atomic mass is 19.3. The van der Waals surface area contributed by atoms with Crippen LogP contribution in [0.4, 0.5) is 8.78 Å². The minimum absolute atomic E-state index is 0.0918. The van der Waals surface area contributed by atoms with Gasteiger partial charge in [-0.3, -0.25) is 9.59 Å². The molecule has 1 atom stereocenters. The van der Waals surface area contributed by atoms with Crippen molar-refractivity contribution in [2.75, 3.05) is 26.3 Å². The topological polar surface area (TPSA) is 89.2 Å². The molecule has 0 radical (unpaired) electrons. The quantitative estimate of drug-likeness (QED) is 0.789. The summed E-state index contributed by atoms with van der Waals surface area (Å²) in [5.41, 5.74) is -0.249. The zero-order valence-electron chi connectivity index (χ0n) is 15.8. The molecule has 9 heteroatoms. The summed E-state index contributed by atoms with van der Waals surface area (Å²) in [6.45, 7) is 0.205. The molecule has 0 spiro atoms. The Balaban J connectivity index is 2.00. The van der Waals surface area contributed by atoms with Gasteiger partial charge in [-0.05, 0) is 24.6 Å². The molecule has 0 unspecified atom stereocenters. The molecular weight excluding hydrogens is 388 g/mol. The Labute approximate surface area is 165 Å². The summed E-state index contributed by atoms with van der Waals surface area (Å²) < 4.78 is 40.5. The van der Waals surface area contributed by atoms with E-state index < -0.39 is 23.7 Å². The summed E-state index contributed by atoms with van der Waals surface area (Å²) in [6.07, 6.45) is -0.127. The summed E-state index contributed by atoms with van der Waals surface area (Å²) >= 11 is 0. The lowest BCUT2D eigenvalue weighted by molar-refractivity contribution is -0.135. The third kappa shape index (κ3) is 5.11. The van der Waals surface area contributed by atoms with E-state index in [1.807, 2.05) is 0 Å². The summed E-state index contributed by atoms with van der Waals surface area (Å²) in [6, 6.07) is 6.91. The van der Waals surface area contributed by atoms with E-state index in [2.05, 4.69) is 4.74 Å². The third-order valence-corrected chi connectivity index (χ3v) is 4.62. The Kier molecular flexibility index (Phi) is 6.48. The standard InChI is InChI=1S/C20H21F2NO6/c1-12-9-16(24)18(26)19(28-12)15(11-17(25)23-5-7-27-8-6-23)13-3-2-4-14(10-13)29-20(21)22/h2-4,9-10,15,20,26H,5-8,11H2,1H3/t15-/m0/s1. The minimum atomic E-state index is -3.01. The van der Waals surface area contributed by atoms with Gasteiger partial charge in [0.15, 0.2) is 5.76 Å². The molecule has 156 valence electrons. The maximum Gasteiger partial charge on any atom is 0.387 e. The van der Waals surface area contributed by atoms with Crippen LogP contribution in [0.3, 0.4) is 0 Å². The predicted octanol–water partition coefficient (Wildman–Crippen LogP) is 2.64. The minimum Gasteiger partial charge on any atom is -0.502 e. The van der Waals surface area contributed by atoms with Gasteiger partial charge in [-0.25, -0.2) is 0 Å². The Morgan fingerprint density at radius 2 is 2.00 bits per heavy atom. The van der Waals surface area contributed by atoms with Crippen molar-refractivity contribution in [1.82, 2.24) is 4.90 Å². The molecule has 1 N–H and O–H groups in total. The van der Waals surface area contributed by atoms with Crippen molar-refractivity contribution >= 4 is 5.91 Å². The molecular formula is C20H21F2NO6. The van der Waals surface area contributed by atoms with Crippen molar-refractivity contribution in [2.24, 2.45) is 0 Å². The van der Waals surface area contributed by atoms with Crippen molar-refractivity contribution in [3.63, 3.8) is 0 Å². The average molecular weight is 409 g/mol. The molecule has 29 heavy (non-hydrogen) atoms. The van der Waals surface area contributed by atoms with E-state index in [9.17, 15) is 23.5 Å². The van der Waals surface area contributed by atoms with Crippen LogP contribution in [0.1, 0.15) is 29.4 Å². The van der Waals surface area contributed by atoms with Crippen molar-refractivity contribution in [3.8, 4) is 11.5 Å². The van der Waals surface area contributed by atoms with Gasteiger partial charge >= 0.3 is 6.61 Å². The number of halogens is 2. The van der Waals surface area contributed by atoms with E-state index in [1.165, 1.54) is 18.2 Å². The molecule has 1 fully saturated rings. The zero-order valence-corrected chi connectivity index (χ0v) is 15.8. The number of carbonyl (C=O) groups excluding carboxylic acids is 1. The normalized spacial score (nSPS) is 15.4. The fourth-order valence-electron chi connectivity index (χ4n) is 3.25. The molecule has 3 rings (SSSR count). The van der Waals surface area contributed by atoms with Gasteiger partial charge in [0, 0.05) is 25.6 Å². The van der Waals surface area contributed by atoms with E-state index in [4.69, 9.17) is 9.15 Å². The first-order chi connectivity index (χ1) is 13.8. The fourth-order valence-corrected chi connectivity index (χ4v) is 3.25. The number of ether oxygens (including phenoxy) is 2. The molecule has 1 aromatic heterocycles. The molecule has 0 bridgehead atoms. The molecule has 1 amide bonds. The number of aryl methyl sites for hydroxylation is 1. The summed E-state index contributed by atoms with van der Waals surface area (Å²) in [5.74, 6) is -1.65. The molecule has 0 aliphatic carbocycles. The second-order valence-electron chi connectivity index (χ2n) is 6.64. The van der Waals surface area contributed by atoms with Crippen molar-refractivity contribution in [1.29, 1.82) is 0 Å². The molecule has 1 aliphatic rings. The van der Waals surface area contributed by atoms with Gasteiger partial charge in [0.25, 0.3) is 0 Å². The second kappa shape index (κ2) is 9.04. The SMILES string of the molecule is Cc1cc(=O)c(O)c([C@@H](CC(=O)N2CCOCC2)c2cccc(OC(F)F)c2)o1. The lowest BCUT2D eigenvalue weighted by Gasteiger charge is -2.28. The number of morpholine rings is 1. The van der Waals surface area contributed by atoms with Crippen molar-refractivity contribution < 1.29 is 32.6 Å². The molecule has 1 aromatic carbocycles. The third-order valence-electron chi connectivity index (χ3n) is 4.62. The maximum atomic E-state index is 12.8. The van der Waals surface area contributed by atoms with Crippen LogP contribution in [0, 0.1) is 6.92 Å². The van der Waals surface area contributed by atoms with Crippen LogP contribution in [-0.4, -0.2) is 48.8 Å². The van der Waals surface area contributed by atoms with E-state index in [0.717, 1.165) is 6.07 Å². The maximum absolute atomic E-state index is 12.8. The number of hydrogen-bond acceptors (Lipinski definition) is 6. The molecule has 7 nitrogen and oxygen atoms in total. The van der Waals surface area contributed by atoms with Gasteiger partial charge < -0.3 is 23.9 Å². The molecule has 2 heterocycles. The number of aromatic hydroxyl groups is 1. The number of amides is 1. The number of rotatable bonds is 6. The number of hydrogen-bond donors (Lipinski definition) is 1. The van der Waals surface area contributed by atoms with Crippen LogP contribution in [0.15, 0.2) is 39.5 Å². The highest BCUT2D eigenvalue weighted by molar-refractivity contribution is 5.78. The van der Waals surface area contributed by atoms with Crippen LogP contribution in [0.5, 0.6) is 11.5 Å². The van der Waals surface area contributed by atoms with Gasteiger partial charge in [0.2, 0.25) is 17.1 Å². The van der Waals surface area contributed by atoms with Crippen molar-refractivity contribution in [3.05, 3.63) is 57.6 Å². The Morgan fingerprint density at radius 1 is 1.28 bits per heavy atom. The lowest BCUT2D eigenvalue weighted by Crippen LogP contribution is -2.41.